The molecule has 15 heavy (non-hydrogen) atoms. The van der Waals surface area contributed by atoms with Crippen LogP contribution in [0.3, 0.4) is 0 Å². The van der Waals surface area contributed by atoms with Crippen molar-refractivity contribution in [3.63, 3.8) is 0 Å². The molecule has 0 N–H and O–H groups in total. The molecule has 80 valence electrons. The van der Waals surface area contributed by atoms with Gasteiger partial charge in [-0.2, -0.15) is 0 Å². The van der Waals surface area contributed by atoms with Crippen molar-refractivity contribution in [3.8, 4) is 0 Å². The van der Waals surface area contributed by atoms with Crippen molar-refractivity contribution in [2.45, 2.75) is 6.92 Å². The molecular weight excluding hydrogens is 256 g/mol. The average Bonchev–Trinajstić information content (AvgIpc) is 2.47. The van der Waals surface area contributed by atoms with Crippen LogP contribution in [-0.4, -0.2) is 24.5 Å². The molecule has 4 heteroatoms. The van der Waals surface area contributed by atoms with Crippen LogP contribution in [0.4, 0.5) is 5.69 Å². The molecule has 1 amide bonds. The van der Waals surface area contributed by atoms with Crippen molar-refractivity contribution < 1.29 is 4.79 Å². The number of carbonyl (C=O) groups excluding carboxylic acids is 1. The highest BCUT2D eigenvalue weighted by Gasteiger charge is 2.33. The number of rotatable bonds is 1. The van der Waals surface area contributed by atoms with Gasteiger partial charge in [0.05, 0.1) is 18.2 Å². The SMILES string of the molecule is CC1CN(c2ccccc2Br)N(C)C1=O. The summed E-state index contributed by atoms with van der Waals surface area (Å²) in [6.07, 6.45) is 0. The molecule has 2 rings (SSSR count). The highest BCUT2D eigenvalue weighted by atomic mass is 79.9. The molecular formula is C11H13BrN2O. The summed E-state index contributed by atoms with van der Waals surface area (Å²) < 4.78 is 1.01. The van der Waals surface area contributed by atoms with Crippen molar-refractivity contribution in [3.05, 3.63) is 28.7 Å². The first-order valence-corrected chi connectivity index (χ1v) is 5.70. The van der Waals surface area contributed by atoms with Gasteiger partial charge in [0.1, 0.15) is 0 Å². The Balaban J connectivity index is 2.34. The van der Waals surface area contributed by atoms with Crippen molar-refractivity contribution >= 4 is 27.5 Å². The van der Waals surface area contributed by atoms with E-state index in [2.05, 4.69) is 15.9 Å². The molecule has 0 spiro atoms. The first-order chi connectivity index (χ1) is 7.11. The number of hydrazine groups is 1. The number of nitrogens with zero attached hydrogens (tertiary/aromatic N) is 2. The third kappa shape index (κ3) is 1.74. The summed E-state index contributed by atoms with van der Waals surface area (Å²) in [5.41, 5.74) is 1.04. The summed E-state index contributed by atoms with van der Waals surface area (Å²) in [6.45, 7) is 2.70. The first kappa shape index (κ1) is 10.5. The van der Waals surface area contributed by atoms with Gasteiger partial charge in [0.2, 0.25) is 5.91 Å². The zero-order valence-corrected chi connectivity index (χ0v) is 10.4. The van der Waals surface area contributed by atoms with Gasteiger partial charge in [-0.15, -0.1) is 0 Å². The molecule has 1 aromatic carbocycles. The molecule has 1 fully saturated rings. The van der Waals surface area contributed by atoms with E-state index in [1.165, 1.54) is 0 Å². The predicted octanol–water partition coefficient (Wildman–Crippen LogP) is 2.28. The standard InChI is InChI=1S/C11H13BrN2O/c1-8-7-14(13(2)11(8)15)10-6-4-3-5-9(10)12/h3-6,8H,7H2,1-2H3. The minimum absolute atomic E-state index is 0.0714. The van der Waals surface area contributed by atoms with E-state index in [0.717, 1.165) is 16.7 Å². The summed E-state index contributed by atoms with van der Waals surface area (Å²) in [5.74, 6) is 0.243. The monoisotopic (exact) mass is 268 g/mol. The topological polar surface area (TPSA) is 23.6 Å². The van der Waals surface area contributed by atoms with E-state index in [1.807, 2.05) is 43.2 Å². The fourth-order valence-electron chi connectivity index (χ4n) is 1.82. The number of para-hydroxylation sites is 1. The van der Waals surface area contributed by atoms with E-state index in [9.17, 15) is 4.79 Å². The molecule has 0 bridgehead atoms. The minimum atomic E-state index is 0.0714. The molecule has 0 saturated carbocycles. The van der Waals surface area contributed by atoms with E-state index in [0.29, 0.717) is 0 Å². The van der Waals surface area contributed by atoms with Gasteiger partial charge in [-0.25, -0.2) is 0 Å². The number of hydrogen-bond acceptors (Lipinski definition) is 2. The second-order valence-electron chi connectivity index (χ2n) is 3.80. The molecule has 1 unspecified atom stereocenters. The van der Waals surface area contributed by atoms with Crippen molar-refractivity contribution in [1.82, 2.24) is 5.01 Å². The Bertz CT molecular complexity index is 394. The van der Waals surface area contributed by atoms with Crippen LogP contribution in [-0.2, 0) is 4.79 Å². The molecule has 1 aromatic rings. The molecule has 1 aliphatic rings. The molecule has 0 aromatic heterocycles. The van der Waals surface area contributed by atoms with Crippen LogP contribution in [0.15, 0.2) is 28.7 Å². The van der Waals surface area contributed by atoms with Gasteiger partial charge in [0.15, 0.2) is 0 Å². The fraction of sp³-hybridized carbons (Fsp3) is 0.364. The number of amides is 1. The molecule has 1 atom stereocenters. The van der Waals surface area contributed by atoms with E-state index in [4.69, 9.17) is 0 Å². The molecule has 1 saturated heterocycles. The van der Waals surface area contributed by atoms with Crippen molar-refractivity contribution in [2.75, 3.05) is 18.6 Å². The smallest absolute Gasteiger partial charge is 0.245 e. The Morgan fingerprint density at radius 1 is 1.40 bits per heavy atom. The molecule has 0 radical (unpaired) electrons. The Kier molecular flexibility index (Phi) is 2.69. The van der Waals surface area contributed by atoms with Gasteiger partial charge < -0.3 is 0 Å². The fourth-order valence-corrected chi connectivity index (χ4v) is 2.31. The van der Waals surface area contributed by atoms with Crippen LogP contribution in [0.5, 0.6) is 0 Å². The summed E-state index contributed by atoms with van der Waals surface area (Å²) in [4.78, 5) is 11.7. The first-order valence-electron chi connectivity index (χ1n) is 4.91. The van der Waals surface area contributed by atoms with Gasteiger partial charge in [-0.05, 0) is 28.1 Å². The van der Waals surface area contributed by atoms with Crippen LogP contribution in [0.1, 0.15) is 6.92 Å². The van der Waals surface area contributed by atoms with Crippen LogP contribution in [0.25, 0.3) is 0 Å². The lowest BCUT2D eigenvalue weighted by Gasteiger charge is -2.26. The Hall–Kier alpha value is -1.03. The van der Waals surface area contributed by atoms with E-state index in [-0.39, 0.29) is 11.8 Å². The predicted molar refractivity (Wildman–Crippen MR) is 63.4 cm³/mol. The second-order valence-corrected chi connectivity index (χ2v) is 4.65. The molecule has 0 aliphatic carbocycles. The normalized spacial score (nSPS) is 21.3. The van der Waals surface area contributed by atoms with Crippen LogP contribution < -0.4 is 5.01 Å². The maximum absolute atomic E-state index is 11.7. The largest absolute Gasteiger partial charge is 0.281 e. The van der Waals surface area contributed by atoms with E-state index in [1.54, 1.807) is 5.01 Å². The lowest BCUT2D eigenvalue weighted by Crippen LogP contribution is -2.35. The summed E-state index contributed by atoms with van der Waals surface area (Å²) in [7, 11) is 1.81. The lowest BCUT2D eigenvalue weighted by atomic mass is 10.2. The van der Waals surface area contributed by atoms with E-state index < -0.39 is 0 Å². The van der Waals surface area contributed by atoms with Gasteiger partial charge in [-0.3, -0.25) is 14.8 Å². The Morgan fingerprint density at radius 3 is 2.60 bits per heavy atom. The van der Waals surface area contributed by atoms with Crippen LogP contribution in [0.2, 0.25) is 0 Å². The summed E-state index contributed by atoms with van der Waals surface area (Å²) in [5, 5.41) is 3.68. The molecule has 3 nitrogen and oxygen atoms in total. The van der Waals surface area contributed by atoms with Crippen LogP contribution >= 0.6 is 15.9 Å². The zero-order chi connectivity index (χ0) is 11.0. The number of benzene rings is 1. The highest BCUT2D eigenvalue weighted by molar-refractivity contribution is 9.10. The maximum atomic E-state index is 11.7. The summed E-state index contributed by atoms with van der Waals surface area (Å²) >= 11 is 3.49. The second kappa shape index (κ2) is 3.85. The highest BCUT2D eigenvalue weighted by Crippen LogP contribution is 2.30. The summed E-state index contributed by atoms with van der Waals surface area (Å²) in [6, 6.07) is 7.93. The number of hydrogen-bond donors (Lipinski definition) is 0. The quantitative estimate of drug-likeness (QED) is 0.780. The number of anilines is 1. The zero-order valence-electron chi connectivity index (χ0n) is 8.77. The van der Waals surface area contributed by atoms with Gasteiger partial charge >= 0.3 is 0 Å². The minimum Gasteiger partial charge on any atom is -0.281 e. The van der Waals surface area contributed by atoms with Gasteiger partial charge in [0, 0.05) is 11.5 Å². The van der Waals surface area contributed by atoms with Crippen molar-refractivity contribution in [1.29, 1.82) is 0 Å². The number of carbonyl (C=O) groups is 1. The van der Waals surface area contributed by atoms with Gasteiger partial charge in [0.25, 0.3) is 0 Å². The lowest BCUT2D eigenvalue weighted by molar-refractivity contribution is -0.129. The third-order valence-electron chi connectivity index (χ3n) is 2.68. The Labute approximate surface area is 97.8 Å². The molecule has 1 aliphatic heterocycles. The Morgan fingerprint density at radius 2 is 2.07 bits per heavy atom. The van der Waals surface area contributed by atoms with Crippen molar-refractivity contribution in [2.24, 2.45) is 5.92 Å². The van der Waals surface area contributed by atoms with Crippen LogP contribution in [0, 0.1) is 5.92 Å². The van der Waals surface area contributed by atoms with E-state index >= 15 is 0 Å². The van der Waals surface area contributed by atoms with Gasteiger partial charge in [-0.1, -0.05) is 19.1 Å². The average molecular weight is 269 g/mol. The maximum Gasteiger partial charge on any atom is 0.245 e. The molecule has 1 heterocycles. The number of halogens is 1. The third-order valence-corrected chi connectivity index (χ3v) is 3.35.